The van der Waals surface area contributed by atoms with Crippen molar-refractivity contribution < 1.29 is 13.9 Å². The number of ether oxygens (including phenoxy) is 1. The average Bonchev–Trinajstić information content (AvgIpc) is 2.97. The van der Waals surface area contributed by atoms with Crippen LogP contribution < -0.4 is 11.3 Å². The zero-order valence-electron chi connectivity index (χ0n) is 14.3. The second kappa shape index (κ2) is 6.56. The summed E-state index contributed by atoms with van der Waals surface area (Å²) in [7, 11) is 0. The van der Waals surface area contributed by atoms with Crippen LogP contribution in [-0.4, -0.2) is 20.5 Å². The van der Waals surface area contributed by atoms with Gasteiger partial charge in [-0.1, -0.05) is 24.3 Å². The van der Waals surface area contributed by atoms with E-state index in [4.69, 9.17) is 9.15 Å². The van der Waals surface area contributed by atoms with Gasteiger partial charge in [0.2, 0.25) is 0 Å². The summed E-state index contributed by atoms with van der Waals surface area (Å²) >= 11 is 0. The Balaban J connectivity index is 1.57. The van der Waals surface area contributed by atoms with Crippen LogP contribution in [0.15, 0.2) is 62.5 Å². The average molecular weight is 365 g/mol. The molecular formula is C19H15N3O5. The maximum absolute atomic E-state index is 12.3. The predicted molar refractivity (Wildman–Crippen MR) is 97.3 cm³/mol. The highest BCUT2D eigenvalue weighted by atomic mass is 16.5. The monoisotopic (exact) mass is 365 g/mol. The van der Waals surface area contributed by atoms with Gasteiger partial charge in [0.25, 0.3) is 5.56 Å². The van der Waals surface area contributed by atoms with Crippen LogP contribution in [0.4, 0.5) is 0 Å². The normalized spacial score (nSPS) is 12.3. The topological polar surface area (TPSA) is 107 Å². The number of hydrogen-bond donors (Lipinski definition) is 1. The fourth-order valence-corrected chi connectivity index (χ4v) is 2.88. The lowest BCUT2D eigenvalue weighted by molar-refractivity contribution is -0.149. The Labute approximate surface area is 152 Å². The highest BCUT2D eigenvalue weighted by Gasteiger charge is 2.18. The molecular weight excluding hydrogens is 350 g/mol. The molecule has 0 aliphatic heterocycles. The third-order valence-electron chi connectivity index (χ3n) is 4.19. The van der Waals surface area contributed by atoms with Crippen LogP contribution in [0.1, 0.15) is 18.9 Å². The highest BCUT2D eigenvalue weighted by molar-refractivity contribution is 5.78. The second-order valence-electron chi connectivity index (χ2n) is 6.02. The van der Waals surface area contributed by atoms with Crippen molar-refractivity contribution in [2.45, 2.75) is 19.6 Å². The first kappa shape index (κ1) is 16.8. The van der Waals surface area contributed by atoms with Crippen molar-refractivity contribution in [2.75, 3.05) is 0 Å². The number of carbonyl (C=O) groups excluding carboxylic acids is 1. The molecule has 136 valence electrons. The molecule has 0 amide bonds. The van der Waals surface area contributed by atoms with Crippen molar-refractivity contribution in [1.82, 2.24) is 14.5 Å². The second-order valence-corrected chi connectivity index (χ2v) is 6.02. The largest absolute Gasteiger partial charge is 0.453 e. The van der Waals surface area contributed by atoms with Gasteiger partial charge >= 0.3 is 11.7 Å². The van der Waals surface area contributed by atoms with Crippen LogP contribution in [0.2, 0.25) is 0 Å². The van der Waals surface area contributed by atoms with E-state index in [-0.39, 0.29) is 17.9 Å². The summed E-state index contributed by atoms with van der Waals surface area (Å²) in [5, 5.41) is 0.455. The van der Waals surface area contributed by atoms with Gasteiger partial charge in [-0.3, -0.25) is 14.2 Å². The number of rotatable bonds is 4. The molecule has 0 saturated heterocycles. The fourth-order valence-electron chi connectivity index (χ4n) is 2.88. The van der Waals surface area contributed by atoms with Gasteiger partial charge < -0.3 is 14.1 Å². The number of nitrogens with zero attached hydrogens (tertiary/aromatic N) is 2. The van der Waals surface area contributed by atoms with Gasteiger partial charge in [-0.05, 0) is 31.2 Å². The van der Waals surface area contributed by atoms with E-state index in [0.717, 1.165) is 0 Å². The molecule has 4 aromatic rings. The minimum Gasteiger partial charge on any atom is -0.453 e. The molecule has 1 N–H and O–H groups in total. The number of esters is 1. The van der Waals surface area contributed by atoms with Gasteiger partial charge in [-0.15, -0.1) is 0 Å². The quantitative estimate of drug-likeness (QED) is 0.555. The molecule has 1 atom stereocenters. The van der Waals surface area contributed by atoms with Crippen LogP contribution >= 0.6 is 0 Å². The Morgan fingerprint density at radius 2 is 1.93 bits per heavy atom. The number of H-pyrrole nitrogens is 1. The summed E-state index contributed by atoms with van der Waals surface area (Å²) in [5.41, 5.74) is 1.10. The van der Waals surface area contributed by atoms with Gasteiger partial charge in [-0.2, -0.15) is 0 Å². The van der Waals surface area contributed by atoms with Gasteiger partial charge in [0.15, 0.2) is 17.5 Å². The Morgan fingerprint density at radius 1 is 1.19 bits per heavy atom. The summed E-state index contributed by atoms with van der Waals surface area (Å²) in [5.74, 6) is -1.05. The van der Waals surface area contributed by atoms with Crippen LogP contribution in [0.3, 0.4) is 0 Å². The zero-order valence-corrected chi connectivity index (χ0v) is 14.3. The number of hydrogen-bond acceptors (Lipinski definition) is 6. The number of carbonyl (C=O) groups is 1. The first-order valence-corrected chi connectivity index (χ1v) is 8.30. The molecule has 0 saturated carbocycles. The number of nitrogens with one attached hydrogen (secondary N) is 1. The molecule has 2 aromatic carbocycles. The first-order chi connectivity index (χ1) is 13.0. The van der Waals surface area contributed by atoms with Crippen LogP contribution in [0, 0.1) is 0 Å². The molecule has 8 nitrogen and oxygen atoms in total. The van der Waals surface area contributed by atoms with Crippen molar-refractivity contribution in [3.05, 3.63) is 75.3 Å². The van der Waals surface area contributed by atoms with Crippen LogP contribution in [0.25, 0.3) is 22.0 Å². The smallest absolute Gasteiger partial charge is 0.420 e. The molecule has 2 heterocycles. The molecule has 1 unspecified atom stereocenters. The Kier molecular flexibility index (Phi) is 4.08. The zero-order chi connectivity index (χ0) is 19.0. The van der Waals surface area contributed by atoms with Crippen LogP contribution in [-0.2, 0) is 16.1 Å². The molecule has 0 aliphatic rings. The van der Waals surface area contributed by atoms with E-state index in [1.165, 1.54) is 4.57 Å². The number of oxazole rings is 1. The van der Waals surface area contributed by atoms with E-state index < -0.39 is 17.8 Å². The molecule has 0 bridgehead atoms. The molecule has 4 rings (SSSR count). The van der Waals surface area contributed by atoms with Crippen molar-refractivity contribution in [1.29, 1.82) is 0 Å². The number of fused-ring (bicyclic) bond motifs is 2. The summed E-state index contributed by atoms with van der Waals surface area (Å²) in [6, 6.07) is 13.7. The lowest BCUT2D eigenvalue weighted by Gasteiger charge is -2.13. The minimum atomic E-state index is -0.788. The summed E-state index contributed by atoms with van der Waals surface area (Å²) in [4.78, 5) is 43.3. The molecule has 0 spiro atoms. The van der Waals surface area contributed by atoms with E-state index in [1.807, 2.05) is 0 Å². The maximum atomic E-state index is 12.3. The highest BCUT2D eigenvalue weighted by Crippen LogP contribution is 2.16. The van der Waals surface area contributed by atoms with Crippen molar-refractivity contribution in [3.8, 4) is 0 Å². The van der Waals surface area contributed by atoms with E-state index in [2.05, 4.69) is 9.97 Å². The lowest BCUT2D eigenvalue weighted by Crippen LogP contribution is -2.23. The number of benzene rings is 2. The molecule has 27 heavy (non-hydrogen) atoms. The maximum Gasteiger partial charge on any atom is 0.420 e. The van der Waals surface area contributed by atoms with Gasteiger partial charge in [-0.25, -0.2) is 9.78 Å². The van der Waals surface area contributed by atoms with Crippen molar-refractivity contribution in [3.63, 3.8) is 0 Å². The summed E-state index contributed by atoms with van der Waals surface area (Å²) < 4.78 is 11.6. The Hall–Kier alpha value is -3.68. The molecule has 2 aromatic heterocycles. The summed E-state index contributed by atoms with van der Waals surface area (Å²) in [6.07, 6.45) is -0.788. The molecule has 0 radical (unpaired) electrons. The van der Waals surface area contributed by atoms with E-state index in [1.54, 1.807) is 55.5 Å². The SMILES string of the molecule is CC(OC(=O)Cn1c(=O)oc2ccccc21)c1nc2ccccc2c(=O)[nH]1. The third-order valence-corrected chi connectivity index (χ3v) is 4.19. The Morgan fingerprint density at radius 3 is 2.78 bits per heavy atom. The number of aromatic amines is 1. The van der Waals surface area contributed by atoms with Crippen molar-refractivity contribution >= 4 is 28.0 Å². The minimum absolute atomic E-state index is 0.233. The van der Waals surface area contributed by atoms with Crippen molar-refractivity contribution in [2.24, 2.45) is 0 Å². The predicted octanol–water partition coefficient (Wildman–Crippen LogP) is 2.14. The van der Waals surface area contributed by atoms with E-state index in [0.29, 0.717) is 22.0 Å². The van der Waals surface area contributed by atoms with Gasteiger partial charge in [0, 0.05) is 0 Å². The summed E-state index contributed by atoms with van der Waals surface area (Å²) in [6.45, 7) is 1.29. The lowest BCUT2D eigenvalue weighted by atomic mass is 10.2. The third kappa shape index (κ3) is 3.12. The number of para-hydroxylation sites is 3. The molecule has 0 aliphatic carbocycles. The fraction of sp³-hybridized carbons (Fsp3) is 0.158. The molecule has 8 heteroatoms. The van der Waals surface area contributed by atoms with E-state index in [9.17, 15) is 14.4 Å². The van der Waals surface area contributed by atoms with E-state index >= 15 is 0 Å². The molecule has 0 fully saturated rings. The standard InChI is InChI=1S/C19H15N3O5/c1-11(17-20-13-7-3-2-6-12(13)18(24)21-17)26-16(23)10-22-14-8-4-5-9-15(14)27-19(22)25/h2-9,11H,10H2,1H3,(H,20,21,24). The first-order valence-electron chi connectivity index (χ1n) is 8.30. The Bertz CT molecular complexity index is 1270. The van der Waals surface area contributed by atoms with Gasteiger partial charge in [0.05, 0.1) is 16.4 Å². The number of aromatic nitrogens is 3. The van der Waals surface area contributed by atoms with Gasteiger partial charge in [0.1, 0.15) is 6.54 Å². The van der Waals surface area contributed by atoms with Crippen LogP contribution in [0.5, 0.6) is 0 Å².